The average Bonchev–Trinajstić information content (AvgIpc) is 3.11. The summed E-state index contributed by atoms with van der Waals surface area (Å²) in [4.78, 5) is 12.5. The number of ether oxygens (including phenoxy) is 1. The first-order valence-corrected chi connectivity index (χ1v) is 9.21. The van der Waals surface area contributed by atoms with E-state index in [-0.39, 0.29) is 5.91 Å². The van der Waals surface area contributed by atoms with Gasteiger partial charge < -0.3 is 10.1 Å². The smallest absolute Gasteiger partial charge is 0.271 e. The van der Waals surface area contributed by atoms with Gasteiger partial charge in [-0.25, -0.2) is 0 Å². The number of nitrogens with one attached hydrogen (secondary N) is 1. The maximum atomic E-state index is 12.5. The fourth-order valence-corrected chi connectivity index (χ4v) is 3.50. The highest BCUT2D eigenvalue weighted by atomic mass is 16.5. The van der Waals surface area contributed by atoms with E-state index in [0.717, 1.165) is 23.6 Å². The van der Waals surface area contributed by atoms with Crippen LogP contribution in [0, 0.1) is 5.92 Å². The quantitative estimate of drug-likeness (QED) is 0.867. The van der Waals surface area contributed by atoms with Crippen LogP contribution in [0.25, 0.3) is 11.3 Å². The van der Waals surface area contributed by atoms with Gasteiger partial charge in [0.2, 0.25) is 0 Å². The second-order valence-electron chi connectivity index (χ2n) is 6.68. The van der Waals surface area contributed by atoms with E-state index in [4.69, 9.17) is 4.74 Å². The van der Waals surface area contributed by atoms with E-state index >= 15 is 0 Å². The van der Waals surface area contributed by atoms with Crippen molar-refractivity contribution in [2.24, 2.45) is 5.92 Å². The number of carbonyl (C=O) groups is 1. The Morgan fingerprint density at radius 3 is 2.80 bits per heavy atom. The van der Waals surface area contributed by atoms with Crippen molar-refractivity contribution in [1.82, 2.24) is 15.1 Å². The number of methoxy groups -OCH3 is 1. The van der Waals surface area contributed by atoms with Gasteiger partial charge >= 0.3 is 0 Å². The van der Waals surface area contributed by atoms with E-state index in [9.17, 15) is 4.79 Å². The molecule has 0 aliphatic heterocycles. The molecule has 3 rings (SSSR count). The highest BCUT2D eigenvalue weighted by molar-refractivity contribution is 5.93. The largest absolute Gasteiger partial charge is 0.497 e. The summed E-state index contributed by atoms with van der Waals surface area (Å²) in [6, 6.07) is 9.70. The molecule has 0 bridgehead atoms. The normalized spacial score (nSPS) is 15.1. The van der Waals surface area contributed by atoms with Crippen LogP contribution in [0.2, 0.25) is 0 Å². The molecule has 5 heteroatoms. The zero-order valence-electron chi connectivity index (χ0n) is 15.1. The molecule has 1 amide bonds. The predicted octanol–water partition coefficient (Wildman–Crippen LogP) is 3.89. The minimum atomic E-state index is -0.0816. The van der Waals surface area contributed by atoms with Crippen molar-refractivity contribution >= 4 is 5.91 Å². The molecule has 25 heavy (non-hydrogen) atoms. The van der Waals surface area contributed by atoms with Crippen molar-refractivity contribution in [2.45, 2.75) is 45.6 Å². The zero-order chi connectivity index (χ0) is 17.6. The first-order valence-electron chi connectivity index (χ1n) is 9.21. The first-order chi connectivity index (χ1) is 12.2. The highest BCUT2D eigenvalue weighted by Crippen LogP contribution is 2.25. The standard InChI is InChI=1S/C20H27N3O2/c1-3-23-19(16-10-7-11-17(12-16)25-2)13-18(22-23)20(24)21-14-15-8-5-4-6-9-15/h7,10-13,15H,3-6,8-9,14H2,1-2H3,(H,21,24). The predicted molar refractivity (Wildman–Crippen MR) is 98.8 cm³/mol. The molecular weight excluding hydrogens is 314 g/mol. The topological polar surface area (TPSA) is 56.2 Å². The van der Waals surface area contributed by atoms with Gasteiger partial charge in [-0.15, -0.1) is 0 Å². The molecule has 1 fully saturated rings. The maximum absolute atomic E-state index is 12.5. The fourth-order valence-electron chi connectivity index (χ4n) is 3.50. The number of carbonyl (C=O) groups excluding carboxylic acids is 1. The van der Waals surface area contributed by atoms with Crippen LogP contribution in [0.15, 0.2) is 30.3 Å². The molecule has 1 N–H and O–H groups in total. The van der Waals surface area contributed by atoms with Crippen LogP contribution in [-0.4, -0.2) is 29.3 Å². The van der Waals surface area contributed by atoms with Crippen molar-refractivity contribution < 1.29 is 9.53 Å². The van der Waals surface area contributed by atoms with Gasteiger partial charge in [-0.05, 0) is 43.9 Å². The van der Waals surface area contributed by atoms with Crippen molar-refractivity contribution in [1.29, 1.82) is 0 Å². The summed E-state index contributed by atoms with van der Waals surface area (Å²) in [5, 5.41) is 7.56. The lowest BCUT2D eigenvalue weighted by Crippen LogP contribution is -2.30. The van der Waals surface area contributed by atoms with Crippen LogP contribution in [0.5, 0.6) is 5.75 Å². The van der Waals surface area contributed by atoms with Crippen LogP contribution in [-0.2, 0) is 6.54 Å². The van der Waals surface area contributed by atoms with E-state index < -0.39 is 0 Å². The van der Waals surface area contributed by atoms with Crippen molar-refractivity contribution in [2.75, 3.05) is 13.7 Å². The average molecular weight is 341 g/mol. The van der Waals surface area contributed by atoms with Gasteiger partial charge in [0.25, 0.3) is 5.91 Å². The molecule has 0 radical (unpaired) electrons. The molecule has 1 saturated carbocycles. The number of aryl methyl sites for hydroxylation is 1. The minimum Gasteiger partial charge on any atom is -0.497 e. The third-order valence-corrected chi connectivity index (χ3v) is 4.95. The lowest BCUT2D eigenvalue weighted by molar-refractivity contribution is 0.0937. The Bertz CT molecular complexity index is 717. The van der Waals surface area contributed by atoms with E-state index in [1.54, 1.807) is 7.11 Å². The molecule has 0 saturated heterocycles. The first kappa shape index (κ1) is 17.5. The SMILES string of the molecule is CCn1nc(C(=O)NCC2CCCCC2)cc1-c1cccc(OC)c1. The number of benzene rings is 1. The van der Waals surface area contributed by atoms with Gasteiger partial charge in [-0.3, -0.25) is 9.48 Å². The Labute approximate surface area is 149 Å². The molecule has 5 nitrogen and oxygen atoms in total. The number of hydrogen-bond acceptors (Lipinski definition) is 3. The fraction of sp³-hybridized carbons (Fsp3) is 0.500. The number of rotatable bonds is 6. The molecule has 134 valence electrons. The second-order valence-corrected chi connectivity index (χ2v) is 6.68. The Kier molecular flexibility index (Phi) is 5.74. The number of aromatic nitrogens is 2. The third kappa shape index (κ3) is 4.21. The number of amides is 1. The Hall–Kier alpha value is -2.30. The summed E-state index contributed by atoms with van der Waals surface area (Å²) in [7, 11) is 1.65. The molecule has 0 unspecified atom stereocenters. The molecule has 1 aromatic carbocycles. The Balaban J connectivity index is 1.73. The monoisotopic (exact) mass is 341 g/mol. The van der Waals surface area contributed by atoms with Gasteiger partial charge in [0.1, 0.15) is 5.75 Å². The molecule has 0 spiro atoms. The second kappa shape index (κ2) is 8.19. The Morgan fingerprint density at radius 1 is 1.28 bits per heavy atom. The van der Waals surface area contributed by atoms with Crippen LogP contribution >= 0.6 is 0 Å². The summed E-state index contributed by atoms with van der Waals surface area (Å²) in [5.41, 5.74) is 2.42. The van der Waals surface area contributed by atoms with Gasteiger partial charge in [0.15, 0.2) is 5.69 Å². The lowest BCUT2D eigenvalue weighted by Gasteiger charge is -2.21. The molecule has 1 aliphatic carbocycles. The zero-order valence-corrected chi connectivity index (χ0v) is 15.1. The van der Waals surface area contributed by atoms with Crippen LogP contribution in [0.1, 0.15) is 49.5 Å². The third-order valence-electron chi connectivity index (χ3n) is 4.95. The van der Waals surface area contributed by atoms with Gasteiger partial charge in [0, 0.05) is 18.7 Å². The van der Waals surface area contributed by atoms with Gasteiger partial charge in [-0.2, -0.15) is 5.10 Å². The minimum absolute atomic E-state index is 0.0816. The number of hydrogen-bond donors (Lipinski definition) is 1. The van der Waals surface area contributed by atoms with Crippen LogP contribution in [0.3, 0.4) is 0 Å². The van der Waals surface area contributed by atoms with E-state index in [2.05, 4.69) is 10.4 Å². The molecule has 1 aromatic heterocycles. The molecule has 1 aliphatic rings. The summed E-state index contributed by atoms with van der Waals surface area (Å²) in [6.07, 6.45) is 6.34. The lowest BCUT2D eigenvalue weighted by atomic mass is 9.89. The molecule has 0 atom stereocenters. The summed E-state index contributed by atoms with van der Waals surface area (Å²) in [5.74, 6) is 1.33. The van der Waals surface area contributed by atoms with Gasteiger partial charge in [-0.1, -0.05) is 31.4 Å². The maximum Gasteiger partial charge on any atom is 0.271 e. The van der Waals surface area contributed by atoms with Crippen molar-refractivity contribution in [3.8, 4) is 17.0 Å². The number of nitrogens with zero attached hydrogens (tertiary/aromatic N) is 2. The molecular formula is C20H27N3O2. The summed E-state index contributed by atoms with van der Waals surface area (Å²) >= 11 is 0. The Morgan fingerprint density at radius 2 is 2.08 bits per heavy atom. The van der Waals surface area contributed by atoms with Crippen LogP contribution in [0.4, 0.5) is 0 Å². The van der Waals surface area contributed by atoms with Crippen molar-refractivity contribution in [3.05, 3.63) is 36.0 Å². The van der Waals surface area contributed by atoms with E-state index in [1.165, 1.54) is 32.1 Å². The van der Waals surface area contributed by atoms with Crippen molar-refractivity contribution in [3.63, 3.8) is 0 Å². The summed E-state index contributed by atoms with van der Waals surface area (Å²) < 4.78 is 7.17. The summed E-state index contributed by atoms with van der Waals surface area (Å²) in [6.45, 7) is 3.50. The van der Waals surface area contributed by atoms with E-state index in [0.29, 0.717) is 18.2 Å². The molecule has 2 aromatic rings. The van der Waals surface area contributed by atoms with E-state index in [1.807, 2.05) is 41.9 Å². The highest BCUT2D eigenvalue weighted by Gasteiger charge is 2.18. The molecule has 1 heterocycles. The van der Waals surface area contributed by atoms with Crippen LogP contribution < -0.4 is 10.1 Å². The van der Waals surface area contributed by atoms with Gasteiger partial charge in [0.05, 0.1) is 12.8 Å².